The zero-order valence-electron chi connectivity index (χ0n) is 14.6. The van der Waals surface area contributed by atoms with Crippen molar-refractivity contribution in [3.8, 4) is 0 Å². The minimum atomic E-state index is -0.807. The summed E-state index contributed by atoms with van der Waals surface area (Å²) in [4.78, 5) is 39.8. The van der Waals surface area contributed by atoms with E-state index in [1.165, 1.54) is 0 Å². The molecule has 1 aromatic carbocycles. The highest BCUT2D eigenvalue weighted by molar-refractivity contribution is 6.30. The van der Waals surface area contributed by atoms with Gasteiger partial charge in [0.1, 0.15) is 5.92 Å². The van der Waals surface area contributed by atoms with Gasteiger partial charge in [-0.2, -0.15) is 0 Å². The van der Waals surface area contributed by atoms with Crippen LogP contribution in [0.25, 0.3) is 0 Å². The Labute approximate surface area is 157 Å². The lowest BCUT2D eigenvalue weighted by Gasteiger charge is -2.34. The summed E-state index contributed by atoms with van der Waals surface area (Å²) in [7, 11) is 0. The number of hydrogen-bond donors (Lipinski definition) is 1. The van der Waals surface area contributed by atoms with E-state index in [1.807, 2.05) is 0 Å². The summed E-state index contributed by atoms with van der Waals surface area (Å²) in [6, 6.07) is 7.04. The smallest absolute Gasteiger partial charge is 0.303 e. The minimum absolute atomic E-state index is 0.119. The molecular weight excluding hydrogens is 356 g/mol. The Morgan fingerprint density at radius 2 is 1.88 bits per heavy atom. The fourth-order valence-corrected chi connectivity index (χ4v) is 3.96. The van der Waals surface area contributed by atoms with E-state index in [4.69, 9.17) is 16.7 Å². The number of benzene rings is 1. The molecule has 1 N–H and O–H groups in total. The van der Waals surface area contributed by atoms with Crippen molar-refractivity contribution in [3.63, 3.8) is 0 Å². The highest BCUT2D eigenvalue weighted by atomic mass is 35.5. The molecule has 0 spiro atoms. The molecule has 6 nitrogen and oxygen atoms in total. The molecule has 0 aromatic heterocycles. The van der Waals surface area contributed by atoms with Gasteiger partial charge in [0.05, 0.1) is 0 Å². The van der Waals surface area contributed by atoms with Crippen LogP contribution in [0.1, 0.15) is 32.1 Å². The molecule has 2 heterocycles. The Balaban J connectivity index is 1.62. The zero-order chi connectivity index (χ0) is 18.7. The maximum Gasteiger partial charge on any atom is 0.303 e. The standard InChI is InChI=1S/C19H23ClN2O4/c20-14-4-6-15(7-5-14)22-11-9-16(19(22)26)18(25)21-10-1-2-13(12-21)3-8-17(23)24/h4-7,13,16H,1-3,8-12H2,(H,23,24)/t13-,16+/m1/s1. The number of amides is 2. The van der Waals surface area contributed by atoms with Crippen molar-refractivity contribution in [2.75, 3.05) is 24.5 Å². The lowest BCUT2D eigenvalue weighted by atomic mass is 9.92. The number of aliphatic carboxylic acids is 1. The van der Waals surface area contributed by atoms with Crippen LogP contribution < -0.4 is 4.90 Å². The van der Waals surface area contributed by atoms with Gasteiger partial charge in [-0.15, -0.1) is 0 Å². The Bertz CT molecular complexity index is 691. The van der Waals surface area contributed by atoms with Crippen LogP contribution in [0.3, 0.4) is 0 Å². The number of halogens is 1. The van der Waals surface area contributed by atoms with E-state index in [2.05, 4.69) is 0 Å². The number of rotatable bonds is 5. The second-order valence-electron chi connectivity index (χ2n) is 7.03. The predicted molar refractivity (Wildman–Crippen MR) is 98.1 cm³/mol. The molecule has 0 radical (unpaired) electrons. The van der Waals surface area contributed by atoms with Crippen LogP contribution in [0.2, 0.25) is 5.02 Å². The molecule has 0 saturated carbocycles. The summed E-state index contributed by atoms with van der Waals surface area (Å²) in [5.74, 6) is -1.52. The quantitative estimate of drug-likeness (QED) is 0.799. The molecular formula is C19H23ClN2O4. The number of piperidine rings is 1. The SMILES string of the molecule is O=C(O)CC[C@H]1CCCN(C(=O)[C@@H]2CCN(c3ccc(Cl)cc3)C2=O)C1. The Morgan fingerprint density at radius 1 is 1.15 bits per heavy atom. The molecule has 2 atom stereocenters. The van der Waals surface area contributed by atoms with Crippen molar-refractivity contribution in [3.05, 3.63) is 29.3 Å². The lowest BCUT2D eigenvalue weighted by molar-refractivity contribution is -0.141. The van der Waals surface area contributed by atoms with Crippen molar-refractivity contribution >= 4 is 35.1 Å². The van der Waals surface area contributed by atoms with Gasteiger partial charge in [-0.1, -0.05) is 11.6 Å². The number of carbonyl (C=O) groups excluding carboxylic acids is 2. The first-order valence-corrected chi connectivity index (χ1v) is 9.41. The van der Waals surface area contributed by atoms with E-state index < -0.39 is 11.9 Å². The monoisotopic (exact) mass is 378 g/mol. The first kappa shape index (κ1) is 18.7. The van der Waals surface area contributed by atoms with Crippen LogP contribution in [0.15, 0.2) is 24.3 Å². The minimum Gasteiger partial charge on any atom is -0.481 e. The van der Waals surface area contributed by atoms with Crippen molar-refractivity contribution in [2.24, 2.45) is 11.8 Å². The van der Waals surface area contributed by atoms with Gasteiger partial charge in [0.15, 0.2) is 0 Å². The fraction of sp³-hybridized carbons (Fsp3) is 0.526. The third-order valence-corrected chi connectivity index (χ3v) is 5.49. The van der Waals surface area contributed by atoms with Crippen LogP contribution in [0.4, 0.5) is 5.69 Å². The fourth-order valence-electron chi connectivity index (χ4n) is 3.84. The first-order valence-electron chi connectivity index (χ1n) is 9.03. The van der Waals surface area contributed by atoms with Crippen LogP contribution >= 0.6 is 11.6 Å². The molecule has 2 aliphatic heterocycles. The molecule has 2 aliphatic rings. The van der Waals surface area contributed by atoms with Gasteiger partial charge in [0.2, 0.25) is 11.8 Å². The summed E-state index contributed by atoms with van der Waals surface area (Å²) < 4.78 is 0. The third kappa shape index (κ3) is 4.18. The summed E-state index contributed by atoms with van der Waals surface area (Å²) >= 11 is 5.89. The highest BCUT2D eigenvalue weighted by Crippen LogP contribution is 2.29. The van der Waals surface area contributed by atoms with Crippen molar-refractivity contribution in [2.45, 2.75) is 32.1 Å². The van der Waals surface area contributed by atoms with E-state index in [0.717, 1.165) is 18.5 Å². The second-order valence-corrected chi connectivity index (χ2v) is 7.47. The van der Waals surface area contributed by atoms with E-state index in [0.29, 0.717) is 37.5 Å². The Kier molecular flexibility index (Phi) is 5.81. The molecule has 2 amide bonds. The number of carbonyl (C=O) groups is 3. The molecule has 0 aliphatic carbocycles. The molecule has 0 unspecified atom stereocenters. The highest BCUT2D eigenvalue weighted by Gasteiger charge is 2.40. The van der Waals surface area contributed by atoms with Gasteiger partial charge >= 0.3 is 5.97 Å². The summed E-state index contributed by atoms with van der Waals surface area (Å²) in [6.45, 7) is 1.72. The van der Waals surface area contributed by atoms with Crippen LogP contribution in [0, 0.1) is 11.8 Å². The lowest BCUT2D eigenvalue weighted by Crippen LogP contribution is -2.45. The van der Waals surface area contributed by atoms with Gasteiger partial charge in [-0.3, -0.25) is 14.4 Å². The predicted octanol–water partition coefficient (Wildman–Crippen LogP) is 2.80. The molecule has 26 heavy (non-hydrogen) atoms. The molecule has 140 valence electrons. The number of carboxylic acid groups (broad SMARTS) is 1. The topological polar surface area (TPSA) is 77.9 Å². The van der Waals surface area contributed by atoms with Gasteiger partial charge in [0, 0.05) is 36.8 Å². The number of anilines is 1. The van der Waals surface area contributed by atoms with E-state index in [1.54, 1.807) is 34.1 Å². The summed E-state index contributed by atoms with van der Waals surface area (Å²) in [6.07, 6.45) is 3.01. The number of carboxylic acids is 1. The third-order valence-electron chi connectivity index (χ3n) is 5.24. The second kappa shape index (κ2) is 8.08. The van der Waals surface area contributed by atoms with Crippen molar-refractivity contribution < 1.29 is 19.5 Å². The molecule has 0 bridgehead atoms. The maximum atomic E-state index is 12.9. The Hall–Kier alpha value is -2.08. The molecule has 2 saturated heterocycles. The van der Waals surface area contributed by atoms with E-state index in [9.17, 15) is 14.4 Å². The van der Waals surface area contributed by atoms with Gasteiger partial charge in [0.25, 0.3) is 0 Å². The van der Waals surface area contributed by atoms with Crippen LogP contribution in [-0.4, -0.2) is 47.4 Å². The molecule has 3 rings (SSSR count). The molecule has 1 aromatic rings. The van der Waals surface area contributed by atoms with Crippen molar-refractivity contribution in [1.29, 1.82) is 0 Å². The average molecular weight is 379 g/mol. The normalized spacial score (nSPS) is 23.3. The van der Waals surface area contributed by atoms with Crippen LogP contribution in [-0.2, 0) is 14.4 Å². The van der Waals surface area contributed by atoms with Crippen LogP contribution in [0.5, 0.6) is 0 Å². The maximum absolute atomic E-state index is 12.9. The summed E-state index contributed by atoms with van der Waals surface area (Å²) in [5.41, 5.74) is 0.757. The molecule has 7 heteroatoms. The van der Waals surface area contributed by atoms with E-state index >= 15 is 0 Å². The largest absolute Gasteiger partial charge is 0.481 e. The summed E-state index contributed by atoms with van der Waals surface area (Å²) in [5, 5.41) is 9.45. The van der Waals surface area contributed by atoms with Crippen molar-refractivity contribution in [1.82, 2.24) is 4.90 Å². The number of nitrogens with zero attached hydrogens (tertiary/aromatic N) is 2. The zero-order valence-corrected chi connectivity index (χ0v) is 15.3. The van der Waals surface area contributed by atoms with Gasteiger partial charge in [-0.25, -0.2) is 0 Å². The Morgan fingerprint density at radius 3 is 2.58 bits per heavy atom. The van der Waals surface area contributed by atoms with Gasteiger partial charge in [-0.05, 0) is 55.9 Å². The average Bonchev–Trinajstić information content (AvgIpc) is 3.02. The number of hydrogen-bond acceptors (Lipinski definition) is 3. The number of likely N-dealkylation sites (tertiary alicyclic amines) is 1. The van der Waals surface area contributed by atoms with E-state index in [-0.39, 0.29) is 24.2 Å². The van der Waals surface area contributed by atoms with Gasteiger partial charge < -0.3 is 14.9 Å². The first-order chi connectivity index (χ1) is 12.5. The molecule has 2 fully saturated rings.